The van der Waals surface area contributed by atoms with Gasteiger partial charge in [0, 0.05) is 23.5 Å². The number of imide groups is 1. The van der Waals surface area contributed by atoms with Crippen LogP contribution in [0.3, 0.4) is 0 Å². The van der Waals surface area contributed by atoms with Crippen molar-refractivity contribution in [3.05, 3.63) is 54.6 Å². The number of nitrogens with one attached hydrogen (secondary N) is 1. The first-order valence-electron chi connectivity index (χ1n) is 8.92. The predicted molar refractivity (Wildman–Crippen MR) is 110 cm³/mol. The van der Waals surface area contributed by atoms with Crippen molar-refractivity contribution in [1.29, 1.82) is 0 Å². The van der Waals surface area contributed by atoms with Crippen molar-refractivity contribution in [3.8, 4) is 5.75 Å². The standard InChI is InChI=1S/C20H21N3O4S/c1-3-4-13(2)26-16-7-5-15(6-8-16)22-20(25)23(28)19(24)18-11-14-12-21-10-9-17(14)27-18/h5-13,28H,3-4H2,1-2H3,(H,22,25). The fourth-order valence-electron chi connectivity index (χ4n) is 2.68. The Kier molecular flexibility index (Phi) is 6.20. The Morgan fingerprint density at radius 3 is 2.71 bits per heavy atom. The minimum absolute atomic E-state index is 0.00168. The van der Waals surface area contributed by atoms with Crippen molar-refractivity contribution in [1.82, 2.24) is 9.29 Å². The van der Waals surface area contributed by atoms with Gasteiger partial charge in [0.2, 0.25) is 0 Å². The van der Waals surface area contributed by atoms with E-state index in [9.17, 15) is 9.59 Å². The summed E-state index contributed by atoms with van der Waals surface area (Å²) in [6.07, 6.45) is 5.26. The Morgan fingerprint density at radius 2 is 2.04 bits per heavy atom. The Bertz CT molecular complexity index is 938. The lowest BCUT2D eigenvalue weighted by Crippen LogP contribution is -2.32. The van der Waals surface area contributed by atoms with Crippen LogP contribution in [0, 0.1) is 0 Å². The molecule has 2 aromatic heterocycles. The van der Waals surface area contributed by atoms with E-state index in [0.717, 1.165) is 12.8 Å². The number of carbonyl (C=O) groups excluding carboxylic acids is 2. The van der Waals surface area contributed by atoms with Gasteiger partial charge in [0.1, 0.15) is 11.3 Å². The molecule has 0 spiro atoms. The van der Waals surface area contributed by atoms with Crippen LogP contribution in [0.2, 0.25) is 0 Å². The Hall–Kier alpha value is -3.00. The molecule has 146 valence electrons. The molecule has 2 heterocycles. The van der Waals surface area contributed by atoms with Crippen LogP contribution < -0.4 is 10.1 Å². The monoisotopic (exact) mass is 399 g/mol. The molecular formula is C20H21N3O4S. The maximum atomic E-state index is 12.4. The van der Waals surface area contributed by atoms with Gasteiger partial charge in [-0.15, -0.1) is 0 Å². The molecule has 8 heteroatoms. The van der Waals surface area contributed by atoms with Gasteiger partial charge in [0.05, 0.1) is 6.10 Å². The summed E-state index contributed by atoms with van der Waals surface area (Å²) in [5.74, 6) is 0.0424. The number of anilines is 1. The highest BCUT2D eigenvalue weighted by Gasteiger charge is 2.23. The van der Waals surface area contributed by atoms with Crippen molar-refractivity contribution in [2.24, 2.45) is 0 Å². The van der Waals surface area contributed by atoms with Crippen molar-refractivity contribution < 1.29 is 18.7 Å². The topological polar surface area (TPSA) is 84.7 Å². The van der Waals surface area contributed by atoms with Crippen LogP contribution in [0.5, 0.6) is 5.75 Å². The average molecular weight is 399 g/mol. The molecule has 0 aliphatic heterocycles. The molecule has 1 unspecified atom stereocenters. The highest BCUT2D eigenvalue weighted by Crippen LogP contribution is 2.21. The van der Waals surface area contributed by atoms with Gasteiger partial charge >= 0.3 is 11.9 Å². The number of thiol groups is 1. The van der Waals surface area contributed by atoms with E-state index < -0.39 is 11.9 Å². The smallest absolute Gasteiger partial charge is 0.339 e. The first-order chi connectivity index (χ1) is 13.5. The minimum atomic E-state index is -0.695. The first kappa shape index (κ1) is 19.8. The number of carbonyl (C=O) groups is 2. The van der Waals surface area contributed by atoms with Crippen molar-refractivity contribution in [2.75, 3.05) is 5.32 Å². The predicted octanol–water partition coefficient (Wildman–Crippen LogP) is 4.91. The number of aromatic nitrogens is 1. The molecule has 3 amide bonds. The van der Waals surface area contributed by atoms with Crippen LogP contribution in [0.4, 0.5) is 10.5 Å². The molecule has 0 saturated carbocycles. The van der Waals surface area contributed by atoms with E-state index in [0.29, 0.717) is 26.7 Å². The number of benzene rings is 1. The van der Waals surface area contributed by atoms with Gasteiger partial charge in [-0.25, -0.2) is 9.10 Å². The molecular weight excluding hydrogens is 378 g/mol. The van der Waals surface area contributed by atoms with Crippen LogP contribution >= 0.6 is 12.8 Å². The summed E-state index contributed by atoms with van der Waals surface area (Å²) in [7, 11) is 0. The van der Waals surface area contributed by atoms with E-state index in [4.69, 9.17) is 9.15 Å². The Balaban J connectivity index is 1.62. The zero-order valence-electron chi connectivity index (χ0n) is 15.6. The number of hydrogen-bond donors (Lipinski definition) is 2. The third-order valence-electron chi connectivity index (χ3n) is 4.05. The number of ether oxygens (including phenoxy) is 1. The third-order valence-corrected chi connectivity index (χ3v) is 4.41. The number of hydrogen-bond acceptors (Lipinski definition) is 6. The van der Waals surface area contributed by atoms with Crippen molar-refractivity contribution in [2.45, 2.75) is 32.8 Å². The Labute approximate surface area is 168 Å². The summed E-state index contributed by atoms with van der Waals surface area (Å²) in [6, 6.07) is 9.39. The van der Waals surface area contributed by atoms with E-state index in [1.54, 1.807) is 42.7 Å². The second-order valence-corrected chi connectivity index (χ2v) is 6.71. The SMILES string of the molecule is CCCC(C)Oc1ccc(NC(=O)N(S)C(=O)c2cc3cnccc3o2)cc1. The van der Waals surface area contributed by atoms with Crippen LogP contribution in [-0.4, -0.2) is 27.3 Å². The largest absolute Gasteiger partial charge is 0.491 e. The van der Waals surface area contributed by atoms with Crippen LogP contribution in [0.1, 0.15) is 37.2 Å². The van der Waals surface area contributed by atoms with E-state index >= 15 is 0 Å². The van der Waals surface area contributed by atoms with Crippen LogP contribution in [-0.2, 0) is 0 Å². The number of rotatable bonds is 6. The van der Waals surface area contributed by atoms with E-state index in [1.807, 2.05) is 6.92 Å². The average Bonchev–Trinajstić information content (AvgIpc) is 3.12. The maximum absolute atomic E-state index is 12.4. The highest BCUT2D eigenvalue weighted by atomic mass is 32.1. The molecule has 0 aliphatic carbocycles. The zero-order valence-corrected chi connectivity index (χ0v) is 16.5. The van der Waals surface area contributed by atoms with Gasteiger partial charge in [0.15, 0.2) is 5.76 Å². The maximum Gasteiger partial charge on any atom is 0.339 e. The molecule has 0 radical (unpaired) electrons. The highest BCUT2D eigenvalue weighted by molar-refractivity contribution is 7.79. The number of urea groups is 1. The number of amides is 3. The molecule has 0 saturated heterocycles. The molecule has 28 heavy (non-hydrogen) atoms. The van der Waals surface area contributed by atoms with Gasteiger partial charge in [-0.3, -0.25) is 9.78 Å². The summed E-state index contributed by atoms with van der Waals surface area (Å²) < 4.78 is 11.9. The summed E-state index contributed by atoms with van der Waals surface area (Å²) in [6.45, 7) is 4.11. The van der Waals surface area contributed by atoms with Gasteiger partial charge < -0.3 is 14.5 Å². The molecule has 1 N–H and O–H groups in total. The lowest BCUT2D eigenvalue weighted by Gasteiger charge is -2.15. The van der Waals surface area contributed by atoms with E-state index in [2.05, 4.69) is 30.0 Å². The molecule has 3 aromatic rings. The van der Waals surface area contributed by atoms with Crippen LogP contribution in [0.15, 0.2) is 53.2 Å². The number of nitrogens with zero attached hydrogens (tertiary/aromatic N) is 2. The second kappa shape index (κ2) is 8.79. The zero-order chi connectivity index (χ0) is 20.1. The molecule has 3 rings (SSSR count). The fraction of sp³-hybridized carbons (Fsp3) is 0.250. The summed E-state index contributed by atoms with van der Waals surface area (Å²) in [5, 5.41) is 3.28. The quantitative estimate of drug-likeness (QED) is 0.575. The lowest BCUT2D eigenvalue weighted by molar-refractivity contribution is 0.0875. The molecule has 7 nitrogen and oxygen atoms in total. The molecule has 1 aromatic carbocycles. The lowest BCUT2D eigenvalue weighted by atomic mass is 10.2. The van der Waals surface area contributed by atoms with Gasteiger partial charge in [-0.05, 0) is 49.7 Å². The normalized spacial score (nSPS) is 11.8. The molecule has 0 aliphatic rings. The second-order valence-electron chi connectivity index (χ2n) is 6.31. The van der Waals surface area contributed by atoms with E-state index in [1.165, 1.54) is 6.07 Å². The van der Waals surface area contributed by atoms with Crippen molar-refractivity contribution in [3.63, 3.8) is 0 Å². The first-order valence-corrected chi connectivity index (χ1v) is 9.32. The molecule has 0 bridgehead atoms. The molecule has 0 fully saturated rings. The third kappa shape index (κ3) is 4.64. The summed E-state index contributed by atoms with van der Waals surface area (Å²) >= 11 is 4.00. The van der Waals surface area contributed by atoms with Gasteiger partial charge in [0.25, 0.3) is 0 Å². The van der Waals surface area contributed by atoms with Gasteiger partial charge in [-0.2, -0.15) is 0 Å². The summed E-state index contributed by atoms with van der Waals surface area (Å²) in [4.78, 5) is 28.7. The van der Waals surface area contributed by atoms with Crippen LogP contribution in [0.25, 0.3) is 11.0 Å². The van der Waals surface area contributed by atoms with Crippen molar-refractivity contribution >= 4 is 41.4 Å². The minimum Gasteiger partial charge on any atom is -0.491 e. The number of furan rings is 1. The fourth-order valence-corrected chi connectivity index (χ4v) is 2.83. The number of pyridine rings is 1. The molecule has 1 atom stereocenters. The number of fused-ring (bicyclic) bond motifs is 1. The Morgan fingerprint density at radius 1 is 1.29 bits per heavy atom. The van der Waals surface area contributed by atoms with Gasteiger partial charge in [-0.1, -0.05) is 26.2 Å². The summed E-state index contributed by atoms with van der Waals surface area (Å²) in [5.41, 5.74) is 1.02. The van der Waals surface area contributed by atoms with E-state index in [-0.39, 0.29) is 11.9 Å².